The molecule has 3 heteroatoms. The van der Waals surface area contributed by atoms with Gasteiger partial charge in [-0.05, 0) is 43.7 Å². The Kier molecular flexibility index (Phi) is 5.62. The highest BCUT2D eigenvalue weighted by molar-refractivity contribution is 5.92. The molecular weight excluding hydrogens is 312 g/mol. The molecule has 1 fully saturated rings. The van der Waals surface area contributed by atoms with Gasteiger partial charge in [-0.3, -0.25) is 0 Å². The molecule has 1 aliphatic carbocycles. The van der Waals surface area contributed by atoms with Gasteiger partial charge in [0, 0.05) is 5.92 Å². The van der Waals surface area contributed by atoms with Gasteiger partial charge in [0.2, 0.25) is 0 Å². The van der Waals surface area contributed by atoms with E-state index in [-0.39, 0.29) is 18.0 Å². The Hall–Kier alpha value is -2.03. The highest BCUT2D eigenvalue weighted by Crippen LogP contribution is 2.45. The number of rotatable bonds is 4. The van der Waals surface area contributed by atoms with E-state index in [2.05, 4.69) is 18.7 Å². The van der Waals surface area contributed by atoms with Gasteiger partial charge < -0.3 is 9.47 Å². The fourth-order valence-electron chi connectivity index (χ4n) is 4.22. The van der Waals surface area contributed by atoms with Crippen molar-refractivity contribution in [1.82, 2.24) is 0 Å². The Balaban J connectivity index is 2.00. The van der Waals surface area contributed by atoms with Crippen molar-refractivity contribution < 1.29 is 14.3 Å². The highest BCUT2D eigenvalue weighted by Gasteiger charge is 2.40. The lowest BCUT2D eigenvalue weighted by Crippen LogP contribution is -2.36. The number of hydrogen-bond acceptors (Lipinski definition) is 3. The van der Waals surface area contributed by atoms with Crippen molar-refractivity contribution >= 4 is 5.97 Å². The predicted molar refractivity (Wildman–Crippen MR) is 99.1 cm³/mol. The van der Waals surface area contributed by atoms with Crippen LogP contribution in [0.1, 0.15) is 57.4 Å². The van der Waals surface area contributed by atoms with Crippen LogP contribution in [0.4, 0.5) is 0 Å². The Bertz CT molecular complexity index is 653. The predicted octanol–water partition coefficient (Wildman–Crippen LogP) is 5.14. The van der Waals surface area contributed by atoms with E-state index in [0.29, 0.717) is 23.9 Å². The Morgan fingerprint density at radius 1 is 1.20 bits per heavy atom. The maximum absolute atomic E-state index is 12.6. The van der Waals surface area contributed by atoms with E-state index in [1.165, 1.54) is 32.1 Å². The van der Waals surface area contributed by atoms with Crippen LogP contribution in [0.15, 0.2) is 53.8 Å². The molecule has 134 valence electrons. The van der Waals surface area contributed by atoms with Crippen LogP contribution >= 0.6 is 0 Å². The zero-order valence-electron chi connectivity index (χ0n) is 15.3. The summed E-state index contributed by atoms with van der Waals surface area (Å²) >= 11 is 0. The van der Waals surface area contributed by atoms with Gasteiger partial charge in [0.25, 0.3) is 0 Å². The maximum Gasteiger partial charge on any atom is 0.338 e. The molecule has 0 unspecified atom stereocenters. The summed E-state index contributed by atoms with van der Waals surface area (Å²) in [7, 11) is 0. The first kappa shape index (κ1) is 17.8. The van der Waals surface area contributed by atoms with Gasteiger partial charge in [0.05, 0.1) is 12.2 Å². The number of benzene rings is 1. The number of esters is 1. The second kappa shape index (κ2) is 7.90. The molecule has 2 aliphatic rings. The molecule has 0 spiro atoms. The van der Waals surface area contributed by atoms with Gasteiger partial charge in [-0.2, -0.15) is 0 Å². The topological polar surface area (TPSA) is 35.5 Å². The summed E-state index contributed by atoms with van der Waals surface area (Å²) in [6, 6.07) is 10.1. The lowest BCUT2D eigenvalue weighted by atomic mass is 9.74. The monoisotopic (exact) mass is 340 g/mol. The SMILES string of the molecule is C=C1[C@H](c2ccccc2)C(C(=O)OCC)=C(C)O[C@@H]1C1CCCCC1. The lowest BCUT2D eigenvalue weighted by Gasteiger charge is -2.40. The molecule has 0 aromatic heterocycles. The summed E-state index contributed by atoms with van der Waals surface area (Å²) in [5.74, 6) is 0.736. The van der Waals surface area contributed by atoms with Gasteiger partial charge in [0.1, 0.15) is 11.9 Å². The van der Waals surface area contributed by atoms with Crippen molar-refractivity contribution in [3.05, 3.63) is 59.4 Å². The number of ether oxygens (including phenoxy) is 2. The van der Waals surface area contributed by atoms with Crippen LogP contribution in [0.25, 0.3) is 0 Å². The van der Waals surface area contributed by atoms with E-state index in [4.69, 9.17) is 9.47 Å². The number of allylic oxidation sites excluding steroid dienone is 1. The summed E-state index contributed by atoms with van der Waals surface area (Å²) in [4.78, 5) is 12.6. The lowest BCUT2D eigenvalue weighted by molar-refractivity contribution is -0.139. The molecule has 1 aromatic carbocycles. The number of carbonyl (C=O) groups excluding carboxylic acids is 1. The zero-order chi connectivity index (χ0) is 17.8. The molecule has 1 heterocycles. The molecule has 0 bridgehead atoms. The largest absolute Gasteiger partial charge is 0.490 e. The van der Waals surface area contributed by atoms with E-state index in [0.717, 1.165) is 11.1 Å². The van der Waals surface area contributed by atoms with E-state index < -0.39 is 0 Å². The van der Waals surface area contributed by atoms with Crippen molar-refractivity contribution in [3.63, 3.8) is 0 Å². The first-order valence-corrected chi connectivity index (χ1v) is 9.41. The molecule has 3 rings (SSSR count). The average molecular weight is 340 g/mol. The van der Waals surface area contributed by atoms with Crippen LogP contribution in [-0.4, -0.2) is 18.7 Å². The van der Waals surface area contributed by atoms with Gasteiger partial charge in [-0.15, -0.1) is 0 Å². The Morgan fingerprint density at radius 2 is 1.88 bits per heavy atom. The molecule has 1 aliphatic heterocycles. The number of hydrogen-bond donors (Lipinski definition) is 0. The van der Waals surface area contributed by atoms with E-state index in [9.17, 15) is 4.79 Å². The summed E-state index contributed by atoms with van der Waals surface area (Å²) in [6.45, 7) is 8.47. The van der Waals surface area contributed by atoms with Gasteiger partial charge in [-0.25, -0.2) is 4.79 Å². The smallest absolute Gasteiger partial charge is 0.338 e. The van der Waals surface area contributed by atoms with Crippen LogP contribution in [0, 0.1) is 5.92 Å². The van der Waals surface area contributed by atoms with Crippen molar-refractivity contribution in [1.29, 1.82) is 0 Å². The molecule has 25 heavy (non-hydrogen) atoms. The fourth-order valence-corrected chi connectivity index (χ4v) is 4.22. The second-order valence-electron chi connectivity index (χ2n) is 7.05. The standard InChI is InChI=1S/C22H28O3/c1-4-24-22(23)20-16(3)25-21(18-13-9-6-10-14-18)15(2)19(20)17-11-7-5-8-12-17/h5,7-8,11-12,18-19,21H,2,4,6,9-10,13-14H2,1,3H3/t19-,21+/m1/s1. The number of carbonyl (C=O) groups is 1. The average Bonchev–Trinajstić information content (AvgIpc) is 2.64. The fraction of sp³-hybridized carbons (Fsp3) is 0.500. The van der Waals surface area contributed by atoms with Crippen LogP contribution in [0.3, 0.4) is 0 Å². The Morgan fingerprint density at radius 3 is 2.52 bits per heavy atom. The van der Waals surface area contributed by atoms with Crippen LogP contribution < -0.4 is 0 Å². The van der Waals surface area contributed by atoms with E-state index >= 15 is 0 Å². The zero-order valence-corrected chi connectivity index (χ0v) is 15.3. The molecule has 2 atom stereocenters. The molecule has 0 saturated heterocycles. The molecular formula is C22H28O3. The van der Waals surface area contributed by atoms with E-state index in [1.54, 1.807) is 0 Å². The van der Waals surface area contributed by atoms with Crippen LogP contribution in [0.5, 0.6) is 0 Å². The van der Waals surface area contributed by atoms with Gasteiger partial charge >= 0.3 is 5.97 Å². The molecule has 0 N–H and O–H groups in total. The normalized spacial score (nSPS) is 24.8. The summed E-state index contributed by atoms with van der Waals surface area (Å²) in [5, 5.41) is 0. The first-order valence-electron chi connectivity index (χ1n) is 9.41. The molecule has 3 nitrogen and oxygen atoms in total. The molecule has 0 amide bonds. The minimum atomic E-state index is -0.294. The van der Waals surface area contributed by atoms with Crippen LogP contribution in [0.2, 0.25) is 0 Å². The third-order valence-electron chi connectivity index (χ3n) is 5.41. The van der Waals surface area contributed by atoms with Gasteiger partial charge in [-0.1, -0.05) is 56.2 Å². The molecule has 1 saturated carbocycles. The highest BCUT2D eigenvalue weighted by atomic mass is 16.5. The van der Waals surface area contributed by atoms with Crippen molar-refractivity contribution in [2.45, 2.75) is 58.0 Å². The maximum atomic E-state index is 12.6. The third kappa shape index (κ3) is 3.65. The van der Waals surface area contributed by atoms with E-state index in [1.807, 2.05) is 32.0 Å². The minimum Gasteiger partial charge on any atom is -0.490 e. The van der Waals surface area contributed by atoms with Crippen molar-refractivity contribution in [3.8, 4) is 0 Å². The van der Waals surface area contributed by atoms with Crippen LogP contribution in [-0.2, 0) is 14.3 Å². The summed E-state index contributed by atoms with van der Waals surface area (Å²) in [6.07, 6.45) is 6.15. The third-order valence-corrected chi connectivity index (χ3v) is 5.41. The molecule has 1 aromatic rings. The van der Waals surface area contributed by atoms with Crippen molar-refractivity contribution in [2.75, 3.05) is 6.61 Å². The van der Waals surface area contributed by atoms with Gasteiger partial charge in [0.15, 0.2) is 0 Å². The quantitative estimate of drug-likeness (QED) is 0.562. The first-order chi connectivity index (χ1) is 12.1. The Labute approximate surface area is 150 Å². The molecule has 0 radical (unpaired) electrons. The summed E-state index contributed by atoms with van der Waals surface area (Å²) in [5.41, 5.74) is 2.68. The minimum absolute atomic E-state index is 0.0105. The van der Waals surface area contributed by atoms with Crippen molar-refractivity contribution in [2.24, 2.45) is 5.92 Å². The summed E-state index contributed by atoms with van der Waals surface area (Å²) < 4.78 is 11.6. The second-order valence-corrected chi connectivity index (χ2v) is 7.05.